The topological polar surface area (TPSA) is 89.2 Å². The van der Waals surface area contributed by atoms with Crippen molar-refractivity contribution in [3.05, 3.63) is 23.8 Å². The maximum absolute atomic E-state index is 10.8. The highest BCUT2D eigenvalue weighted by Crippen LogP contribution is 2.33. The molecule has 1 aromatic rings. The molecule has 1 heterocycles. The largest absolute Gasteiger partial charge is 0.494 e. The van der Waals surface area contributed by atoms with Gasteiger partial charge >= 0.3 is 5.97 Å². The second kappa shape index (κ2) is 12.5. The number of methoxy groups -OCH3 is 1. The van der Waals surface area contributed by atoms with E-state index in [1.165, 1.54) is 7.11 Å². The minimum Gasteiger partial charge on any atom is -0.494 e. The van der Waals surface area contributed by atoms with Crippen LogP contribution in [0.3, 0.4) is 0 Å². The number of hydrogen-bond donors (Lipinski definition) is 1. The highest BCUT2D eigenvalue weighted by molar-refractivity contribution is 5.70. The number of hydrogen-bond acceptors (Lipinski definition) is 7. The van der Waals surface area contributed by atoms with Crippen LogP contribution < -0.4 is 15.2 Å². The van der Waals surface area contributed by atoms with Crippen LogP contribution in [0.15, 0.2) is 18.2 Å². The molecule has 1 unspecified atom stereocenters. The molecule has 7 heteroatoms. The fraction of sp³-hybridized carbons (Fsp3) is 0.650. The highest BCUT2D eigenvalue weighted by Gasteiger charge is 2.18. The van der Waals surface area contributed by atoms with E-state index in [-0.39, 0.29) is 18.6 Å². The van der Waals surface area contributed by atoms with Crippen molar-refractivity contribution in [3.63, 3.8) is 0 Å². The molecule has 27 heavy (non-hydrogen) atoms. The van der Waals surface area contributed by atoms with E-state index in [1.54, 1.807) is 0 Å². The summed E-state index contributed by atoms with van der Waals surface area (Å²) in [6, 6.07) is 5.89. The van der Waals surface area contributed by atoms with Crippen LogP contribution in [-0.4, -0.2) is 52.7 Å². The minimum atomic E-state index is -0.357. The van der Waals surface area contributed by atoms with Crippen molar-refractivity contribution in [3.8, 4) is 11.5 Å². The number of benzene rings is 1. The molecule has 152 valence electrons. The zero-order valence-electron chi connectivity index (χ0n) is 16.1. The molecule has 1 aliphatic heterocycles. The molecule has 2 N–H and O–H groups in total. The first kappa shape index (κ1) is 21.5. The Morgan fingerprint density at radius 1 is 1.11 bits per heavy atom. The third kappa shape index (κ3) is 8.15. The van der Waals surface area contributed by atoms with Crippen molar-refractivity contribution in [1.29, 1.82) is 0 Å². The minimum absolute atomic E-state index is 0.000317. The molecule has 0 radical (unpaired) electrons. The number of fused-ring (bicyclic) bond motifs is 1. The summed E-state index contributed by atoms with van der Waals surface area (Å²) < 4.78 is 26.6. The van der Waals surface area contributed by atoms with Gasteiger partial charge in [-0.25, -0.2) is 4.79 Å². The van der Waals surface area contributed by atoms with Crippen LogP contribution in [0.25, 0.3) is 0 Å². The van der Waals surface area contributed by atoms with Crippen LogP contribution in [0.2, 0.25) is 0 Å². The van der Waals surface area contributed by atoms with Gasteiger partial charge in [0.15, 0.2) is 0 Å². The second-order valence-corrected chi connectivity index (χ2v) is 6.45. The van der Waals surface area contributed by atoms with E-state index in [0.29, 0.717) is 26.4 Å². The Labute approximate surface area is 161 Å². The van der Waals surface area contributed by atoms with Crippen molar-refractivity contribution in [2.24, 2.45) is 5.73 Å². The maximum atomic E-state index is 10.8. The average molecular weight is 381 g/mol. The molecule has 0 spiro atoms. The Morgan fingerprint density at radius 2 is 1.89 bits per heavy atom. The number of rotatable bonds is 13. The van der Waals surface area contributed by atoms with E-state index < -0.39 is 0 Å². The molecule has 0 fully saturated rings. The molecule has 1 aromatic carbocycles. The number of ether oxygens (including phenoxy) is 5. The summed E-state index contributed by atoms with van der Waals surface area (Å²) in [5.41, 5.74) is 7.15. The van der Waals surface area contributed by atoms with Gasteiger partial charge in [-0.1, -0.05) is 0 Å². The molecule has 0 aliphatic carbocycles. The lowest BCUT2D eigenvalue weighted by Crippen LogP contribution is -2.20. The molecule has 0 bridgehead atoms. The van der Waals surface area contributed by atoms with Gasteiger partial charge < -0.3 is 29.4 Å². The Morgan fingerprint density at radius 3 is 2.74 bits per heavy atom. The van der Waals surface area contributed by atoms with Gasteiger partial charge in [-0.05, 0) is 43.9 Å². The maximum Gasteiger partial charge on any atom is 0.331 e. The second-order valence-electron chi connectivity index (χ2n) is 6.45. The summed E-state index contributed by atoms with van der Waals surface area (Å²) in [5, 5.41) is 0. The summed E-state index contributed by atoms with van der Waals surface area (Å²) in [6.07, 6.45) is 4.63. The zero-order valence-corrected chi connectivity index (χ0v) is 16.1. The van der Waals surface area contributed by atoms with Crippen LogP contribution >= 0.6 is 0 Å². The molecular weight excluding hydrogens is 350 g/mol. The number of unbranched alkanes of at least 4 members (excludes halogenated alkanes) is 2. The van der Waals surface area contributed by atoms with Gasteiger partial charge in [-0.15, -0.1) is 0 Å². The van der Waals surface area contributed by atoms with Crippen LogP contribution in [0.5, 0.6) is 11.5 Å². The van der Waals surface area contributed by atoms with E-state index >= 15 is 0 Å². The van der Waals surface area contributed by atoms with Gasteiger partial charge in [0.25, 0.3) is 0 Å². The number of carbonyl (C=O) groups is 1. The third-order valence-corrected chi connectivity index (χ3v) is 4.29. The van der Waals surface area contributed by atoms with Crippen LogP contribution in [-0.2, 0) is 19.0 Å². The number of nitrogens with two attached hydrogens (primary N) is 1. The first-order chi connectivity index (χ1) is 13.2. The predicted molar refractivity (Wildman–Crippen MR) is 101 cm³/mol. The van der Waals surface area contributed by atoms with Gasteiger partial charge in [0.05, 0.1) is 20.3 Å². The van der Waals surface area contributed by atoms with E-state index in [1.807, 2.05) is 18.2 Å². The van der Waals surface area contributed by atoms with Crippen molar-refractivity contribution in [1.82, 2.24) is 0 Å². The van der Waals surface area contributed by atoms with Gasteiger partial charge in [-0.2, -0.15) is 0 Å². The van der Waals surface area contributed by atoms with E-state index in [4.69, 9.17) is 24.7 Å². The Kier molecular flexibility index (Phi) is 9.97. The van der Waals surface area contributed by atoms with Crippen LogP contribution in [0, 0.1) is 0 Å². The fourth-order valence-electron chi connectivity index (χ4n) is 2.74. The molecular formula is C20H31NO6. The van der Waals surface area contributed by atoms with E-state index in [0.717, 1.165) is 55.8 Å². The summed E-state index contributed by atoms with van der Waals surface area (Å²) >= 11 is 0. The Bertz CT molecular complexity index is 565. The molecule has 1 aliphatic rings. The molecule has 2 rings (SSSR count). The lowest BCUT2D eigenvalue weighted by Gasteiger charge is -2.23. The lowest BCUT2D eigenvalue weighted by atomic mass is 10.0. The molecule has 7 nitrogen and oxygen atoms in total. The Hall–Kier alpha value is -1.83. The number of carbonyl (C=O) groups excluding carboxylic acids is 1. The van der Waals surface area contributed by atoms with Gasteiger partial charge in [0, 0.05) is 37.8 Å². The van der Waals surface area contributed by atoms with E-state index in [2.05, 4.69) is 4.74 Å². The lowest BCUT2D eigenvalue weighted by molar-refractivity contribution is -0.146. The highest BCUT2D eigenvalue weighted by atomic mass is 16.6. The van der Waals surface area contributed by atoms with Crippen molar-refractivity contribution >= 4 is 5.97 Å². The smallest absolute Gasteiger partial charge is 0.331 e. The zero-order chi connectivity index (χ0) is 19.3. The Balaban J connectivity index is 1.44. The van der Waals surface area contributed by atoms with Crippen LogP contribution in [0.4, 0.5) is 0 Å². The molecule has 0 saturated heterocycles. The quantitative estimate of drug-likeness (QED) is 0.415. The van der Waals surface area contributed by atoms with Gasteiger partial charge in [0.1, 0.15) is 18.1 Å². The first-order valence-electron chi connectivity index (χ1n) is 9.58. The standard InChI is InChI=1S/C20H31NO6/c1-23-20(22)15-25-11-5-10-24-9-3-2-4-12-26-16-6-7-19-17(14-16)18(21)8-13-27-19/h6-7,14,18H,2-5,8-13,15,21H2,1H3. The molecule has 1 atom stereocenters. The normalized spacial score (nSPS) is 15.7. The van der Waals surface area contributed by atoms with Crippen molar-refractivity contribution in [2.45, 2.75) is 38.1 Å². The fourth-order valence-corrected chi connectivity index (χ4v) is 2.74. The monoisotopic (exact) mass is 381 g/mol. The molecule has 0 amide bonds. The predicted octanol–water partition coefficient (Wildman–Crippen LogP) is 2.61. The van der Waals surface area contributed by atoms with Crippen molar-refractivity contribution in [2.75, 3.05) is 46.8 Å². The molecule has 0 aromatic heterocycles. The van der Waals surface area contributed by atoms with Gasteiger partial charge in [0.2, 0.25) is 0 Å². The third-order valence-electron chi connectivity index (χ3n) is 4.29. The summed E-state index contributed by atoms with van der Waals surface area (Å²) in [7, 11) is 1.34. The van der Waals surface area contributed by atoms with Crippen LogP contribution in [0.1, 0.15) is 43.7 Å². The first-order valence-corrected chi connectivity index (χ1v) is 9.58. The molecule has 0 saturated carbocycles. The van der Waals surface area contributed by atoms with E-state index in [9.17, 15) is 4.79 Å². The number of esters is 1. The average Bonchev–Trinajstić information content (AvgIpc) is 2.69. The summed E-state index contributed by atoms with van der Waals surface area (Å²) in [4.78, 5) is 10.8. The van der Waals surface area contributed by atoms with Gasteiger partial charge in [-0.3, -0.25) is 0 Å². The van der Waals surface area contributed by atoms with Crippen molar-refractivity contribution < 1.29 is 28.5 Å². The summed E-state index contributed by atoms with van der Waals surface area (Å²) in [5.74, 6) is 1.36. The SMILES string of the molecule is COC(=O)COCCCOCCCCCOc1ccc2c(c1)C(N)CCO2. The summed E-state index contributed by atoms with van der Waals surface area (Å²) in [6.45, 7) is 3.21.